The zero-order valence-corrected chi connectivity index (χ0v) is 16.8. The number of aromatic nitrogens is 3. The molecular weight excluding hydrogens is 390 g/mol. The molecule has 2 N–H and O–H groups in total. The molecule has 0 radical (unpaired) electrons. The lowest BCUT2D eigenvalue weighted by Crippen LogP contribution is -2.38. The summed E-state index contributed by atoms with van der Waals surface area (Å²) in [5.74, 6) is -0.336. The van der Waals surface area contributed by atoms with Crippen LogP contribution in [0.4, 0.5) is 5.69 Å². The molecule has 0 spiro atoms. The van der Waals surface area contributed by atoms with Crippen LogP contribution in [0.2, 0.25) is 0 Å². The summed E-state index contributed by atoms with van der Waals surface area (Å²) in [6, 6.07) is 9.64. The summed E-state index contributed by atoms with van der Waals surface area (Å²) >= 11 is 0. The quantitative estimate of drug-likeness (QED) is 0.605. The van der Waals surface area contributed by atoms with E-state index in [0.29, 0.717) is 18.0 Å². The van der Waals surface area contributed by atoms with Crippen molar-refractivity contribution in [2.45, 2.75) is 6.92 Å². The molecule has 3 rings (SSSR count). The highest BCUT2D eigenvalue weighted by molar-refractivity contribution is 5.99. The number of amides is 2. The summed E-state index contributed by atoms with van der Waals surface area (Å²) in [7, 11) is 2.83. The highest BCUT2D eigenvalue weighted by Crippen LogP contribution is 2.15. The van der Waals surface area contributed by atoms with Gasteiger partial charge in [0.05, 0.1) is 18.5 Å². The Bertz CT molecular complexity index is 1230. The van der Waals surface area contributed by atoms with Gasteiger partial charge in [-0.15, -0.1) is 0 Å². The third kappa shape index (κ3) is 4.22. The minimum Gasteiger partial charge on any atom is -0.494 e. The second-order valence-electron chi connectivity index (χ2n) is 6.46. The van der Waals surface area contributed by atoms with Crippen LogP contribution in [0.25, 0.3) is 11.0 Å². The fraction of sp³-hybridized carbons (Fsp3) is 0.250. The number of hydrogen-bond acceptors (Lipinski definition) is 6. The molecule has 0 fully saturated rings. The Morgan fingerprint density at radius 1 is 1.03 bits per heavy atom. The highest BCUT2D eigenvalue weighted by Gasteiger charge is 2.14. The second-order valence-corrected chi connectivity index (χ2v) is 6.46. The Labute approximate surface area is 171 Å². The van der Waals surface area contributed by atoms with Gasteiger partial charge in [0.25, 0.3) is 11.5 Å². The van der Waals surface area contributed by atoms with Gasteiger partial charge in [0.1, 0.15) is 17.1 Å². The number of rotatable bonds is 6. The molecule has 3 aromatic rings. The van der Waals surface area contributed by atoms with Crippen molar-refractivity contribution in [3.63, 3.8) is 0 Å². The van der Waals surface area contributed by atoms with Crippen molar-refractivity contribution in [1.82, 2.24) is 19.4 Å². The fourth-order valence-corrected chi connectivity index (χ4v) is 2.84. The molecule has 10 nitrogen and oxygen atoms in total. The number of carbonyl (C=O) groups is 2. The predicted molar refractivity (Wildman–Crippen MR) is 111 cm³/mol. The zero-order valence-electron chi connectivity index (χ0n) is 16.8. The van der Waals surface area contributed by atoms with E-state index in [9.17, 15) is 19.2 Å². The van der Waals surface area contributed by atoms with Crippen LogP contribution in [0.15, 0.2) is 46.0 Å². The van der Waals surface area contributed by atoms with Crippen molar-refractivity contribution in [3.05, 3.63) is 62.9 Å². The average molecular weight is 411 g/mol. The third-order valence-electron chi connectivity index (χ3n) is 4.39. The number of benzene rings is 1. The molecule has 156 valence electrons. The van der Waals surface area contributed by atoms with Gasteiger partial charge in [-0.1, -0.05) is 0 Å². The molecule has 2 aromatic heterocycles. The number of anilines is 1. The van der Waals surface area contributed by atoms with Crippen LogP contribution in [0.3, 0.4) is 0 Å². The van der Waals surface area contributed by atoms with Gasteiger partial charge in [0.2, 0.25) is 5.91 Å². The number of ether oxygens (including phenoxy) is 1. The maximum atomic E-state index is 12.4. The van der Waals surface area contributed by atoms with Crippen LogP contribution < -0.4 is 26.6 Å². The highest BCUT2D eigenvalue weighted by atomic mass is 16.5. The molecule has 0 aliphatic heterocycles. The lowest BCUT2D eigenvalue weighted by Gasteiger charge is -2.09. The van der Waals surface area contributed by atoms with Crippen LogP contribution in [0.1, 0.15) is 17.4 Å². The van der Waals surface area contributed by atoms with Crippen molar-refractivity contribution in [1.29, 1.82) is 0 Å². The van der Waals surface area contributed by atoms with Gasteiger partial charge >= 0.3 is 5.69 Å². The van der Waals surface area contributed by atoms with E-state index in [0.717, 1.165) is 4.57 Å². The summed E-state index contributed by atoms with van der Waals surface area (Å²) in [6.07, 6.45) is 0. The maximum Gasteiger partial charge on any atom is 0.332 e. The summed E-state index contributed by atoms with van der Waals surface area (Å²) in [5, 5.41) is 5.34. The van der Waals surface area contributed by atoms with E-state index >= 15 is 0 Å². The number of hydrogen-bond donors (Lipinski definition) is 2. The van der Waals surface area contributed by atoms with Gasteiger partial charge in [-0.3, -0.25) is 23.5 Å². The fourth-order valence-electron chi connectivity index (χ4n) is 2.84. The molecule has 10 heteroatoms. The number of pyridine rings is 1. The molecule has 0 unspecified atom stereocenters. The summed E-state index contributed by atoms with van der Waals surface area (Å²) in [4.78, 5) is 52.8. The monoisotopic (exact) mass is 411 g/mol. The molecule has 0 saturated carbocycles. The first-order valence-corrected chi connectivity index (χ1v) is 9.19. The van der Waals surface area contributed by atoms with E-state index in [4.69, 9.17) is 4.74 Å². The Kier molecular flexibility index (Phi) is 5.95. The number of fused-ring (bicyclic) bond motifs is 1. The summed E-state index contributed by atoms with van der Waals surface area (Å²) < 4.78 is 7.49. The Morgan fingerprint density at radius 3 is 2.40 bits per heavy atom. The van der Waals surface area contributed by atoms with E-state index < -0.39 is 23.1 Å². The van der Waals surface area contributed by atoms with E-state index in [1.54, 1.807) is 24.3 Å². The van der Waals surface area contributed by atoms with E-state index in [-0.39, 0.29) is 23.3 Å². The van der Waals surface area contributed by atoms with Gasteiger partial charge in [-0.05, 0) is 43.3 Å². The molecule has 0 atom stereocenters. The number of nitrogens with one attached hydrogen (secondary N) is 2. The van der Waals surface area contributed by atoms with Crippen LogP contribution in [-0.4, -0.2) is 39.1 Å². The molecule has 30 heavy (non-hydrogen) atoms. The van der Waals surface area contributed by atoms with Crippen LogP contribution in [0.5, 0.6) is 5.75 Å². The van der Waals surface area contributed by atoms with Crippen LogP contribution >= 0.6 is 0 Å². The first-order valence-electron chi connectivity index (χ1n) is 9.19. The number of nitrogens with zero attached hydrogens (tertiary/aromatic N) is 3. The number of carbonyl (C=O) groups excluding carboxylic acids is 2. The van der Waals surface area contributed by atoms with Gasteiger partial charge < -0.3 is 15.4 Å². The first-order chi connectivity index (χ1) is 14.3. The zero-order chi connectivity index (χ0) is 21.8. The summed E-state index contributed by atoms with van der Waals surface area (Å²) in [5.41, 5.74) is -0.406. The molecule has 0 saturated heterocycles. The van der Waals surface area contributed by atoms with E-state index in [1.165, 1.54) is 30.8 Å². The molecule has 2 heterocycles. The first kappa shape index (κ1) is 20.8. The molecule has 1 aromatic carbocycles. The predicted octanol–water partition coefficient (Wildman–Crippen LogP) is 0.399. The van der Waals surface area contributed by atoms with Gasteiger partial charge in [-0.2, -0.15) is 0 Å². The molecular formula is C20H21N5O5. The summed E-state index contributed by atoms with van der Waals surface area (Å²) in [6.45, 7) is 2.15. The van der Waals surface area contributed by atoms with Crippen molar-refractivity contribution in [2.24, 2.45) is 14.1 Å². The standard InChI is InChI=1S/C20H21N5O5/c1-4-30-13-7-5-12(6-8-13)22-16(26)11-21-18(27)15-10-9-14-17(23-15)24(2)20(29)25(3)19(14)28/h5-10H,4,11H2,1-3H3,(H,21,27)(H,22,26). The maximum absolute atomic E-state index is 12.4. The van der Waals surface area contributed by atoms with Crippen LogP contribution in [-0.2, 0) is 18.9 Å². The van der Waals surface area contributed by atoms with E-state index in [1.807, 2.05) is 6.92 Å². The lowest BCUT2D eigenvalue weighted by molar-refractivity contribution is -0.115. The molecule has 2 amide bonds. The van der Waals surface area contributed by atoms with Crippen molar-refractivity contribution in [3.8, 4) is 5.75 Å². The van der Waals surface area contributed by atoms with Gasteiger partial charge in [0.15, 0.2) is 0 Å². The SMILES string of the molecule is CCOc1ccc(NC(=O)CNC(=O)c2ccc3c(=O)n(C)c(=O)n(C)c3n2)cc1. The largest absolute Gasteiger partial charge is 0.494 e. The topological polar surface area (TPSA) is 124 Å². The van der Waals surface area contributed by atoms with Gasteiger partial charge in [-0.25, -0.2) is 9.78 Å². The molecule has 0 aliphatic rings. The smallest absolute Gasteiger partial charge is 0.332 e. The van der Waals surface area contributed by atoms with Crippen molar-refractivity contribution in [2.75, 3.05) is 18.5 Å². The molecule has 0 bridgehead atoms. The van der Waals surface area contributed by atoms with Crippen molar-refractivity contribution < 1.29 is 14.3 Å². The second kappa shape index (κ2) is 8.60. The lowest BCUT2D eigenvalue weighted by atomic mass is 10.2. The Hall–Kier alpha value is -3.95. The third-order valence-corrected chi connectivity index (χ3v) is 4.39. The number of aryl methyl sites for hydroxylation is 1. The average Bonchev–Trinajstić information content (AvgIpc) is 2.75. The minimum absolute atomic E-state index is 0.0142. The Balaban J connectivity index is 1.68. The van der Waals surface area contributed by atoms with Gasteiger partial charge in [0, 0.05) is 19.8 Å². The minimum atomic E-state index is -0.605. The normalized spacial score (nSPS) is 10.6. The van der Waals surface area contributed by atoms with Crippen LogP contribution in [0, 0.1) is 0 Å². The van der Waals surface area contributed by atoms with E-state index in [2.05, 4.69) is 15.6 Å². The Morgan fingerprint density at radius 2 is 1.73 bits per heavy atom. The van der Waals surface area contributed by atoms with Crippen molar-refractivity contribution >= 4 is 28.5 Å². The molecule has 0 aliphatic carbocycles.